The summed E-state index contributed by atoms with van der Waals surface area (Å²) in [6.07, 6.45) is 7.46. The van der Waals surface area contributed by atoms with Crippen molar-refractivity contribution in [2.24, 2.45) is 5.92 Å². The zero-order valence-corrected chi connectivity index (χ0v) is 14.7. The smallest absolute Gasteiger partial charge is 0.228 e. The first-order valence-electron chi connectivity index (χ1n) is 9.40. The molecule has 2 heterocycles. The summed E-state index contributed by atoms with van der Waals surface area (Å²) in [6, 6.07) is 0.340. The Balaban J connectivity index is 1.55. The van der Waals surface area contributed by atoms with Gasteiger partial charge in [-0.1, -0.05) is 25.7 Å². The first-order chi connectivity index (χ1) is 11.6. The van der Waals surface area contributed by atoms with E-state index in [0.29, 0.717) is 45.2 Å². The molecule has 24 heavy (non-hydrogen) atoms. The fourth-order valence-corrected chi connectivity index (χ4v) is 4.32. The van der Waals surface area contributed by atoms with Crippen LogP contribution in [0, 0.1) is 5.92 Å². The summed E-state index contributed by atoms with van der Waals surface area (Å²) in [5.41, 5.74) is 0. The molecule has 0 unspecified atom stereocenters. The number of rotatable bonds is 2. The highest BCUT2D eigenvalue weighted by Gasteiger charge is 2.40. The van der Waals surface area contributed by atoms with Gasteiger partial charge < -0.3 is 14.7 Å². The largest absolute Gasteiger partial charge is 0.339 e. The van der Waals surface area contributed by atoms with Crippen LogP contribution in [-0.4, -0.2) is 71.2 Å². The summed E-state index contributed by atoms with van der Waals surface area (Å²) in [5, 5.41) is 0. The highest BCUT2D eigenvalue weighted by Crippen LogP contribution is 2.29. The zero-order valence-electron chi connectivity index (χ0n) is 14.7. The summed E-state index contributed by atoms with van der Waals surface area (Å²) in [7, 11) is 0. The molecular weight excluding hydrogens is 306 g/mol. The van der Waals surface area contributed by atoms with E-state index in [-0.39, 0.29) is 23.6 Å². The molecule has 0 aromatic carbocycles. The molecule has 2 saturated heterocycles. The van der Waals surface area contributed by atoms with Crippen molar-refractivity contribution in [3.8, 4) is 0 Å². The van der Waals surface area contributed by atoms with Crippen LogP contribution in [0.25, 0.3) is 0 Å². The number of carbonyl (C=O) groups excluding carboxylic acids is 3. The Hall–Kier alpha value is -1.59. The van der Waals surface area contributed by atoms with Gasteiger partial charge in [-0.15, -0.1) is 0 Å². The Morgan fingerprint density at radius 1 is 0.917 bits per heavy atom. The van der Waals surface area contributed by atoms with E-state index >= 15 is 0 Å². The van der Waals surface area contributed by atoms with Crippen LogP contribution in [-0.2, 0) is 14.4 Å². The molecule has 0 bridgehead atoms. The van der Waals surface area contributed by atoms with Crippen LogP contribution in [0.4, 0.5) is 0 Å². The topological polar surface area (TPSA) is 60.9 Å². The van der Waals surface area contributed by atoms with Gasteiger partial charge in [-0.2, -0.15) is 0 Å². The SMILES string of the molecule is CC(=O)N1CCN(C(=O)[C@@H]2CC(=O)N(C3CCCCCC3)C2)CC1. The van der Waals surface area contributed by atoms with Gasteiger partial charge in [-0.25, -0.2) is 0 Å². The third-order valence-electron chi connectivity index (χ3n) is 5.81. The van der Waals surface area contributed by atoms with Crippen molar-refractivity contribution >= 4 is 17.7 Å². The van der Waals surface area contributed by atoms with Crippen LogP contribution in [0.5, 0.6) is 0 Å². The number of carbonyl (C=O) groups is 3. The Labute approximate surface area is 144 Å². The second-order valence-corrected chi connectivity index (χ2v) is 7.42. The Morgan fingerprint density at radius 3 is 2.08 bits per heavy atom. The van der Waals surface area contributed by atoms with E-state index in [4.69, 9.17) is 0 Å². The maximum absolute atomic E-state index is 12.8. The van der Waals surface area contributed by atoms with Gasteiger partial charge in [-0.3, -0.25) is 14.4 Å². The fraction of sp³-hybridized carbons (Fsp3) is 0.833. The predicted molar refractivity (Wildman–Crippen MR) is 90.1 cm³/mol. The lowest BCUT2D eigenvalue weighted by Gasteiger charge is -2.35. The highest BCUT2D eigenvalue weighted by molar-refractivity contribution is 5.89. The standard InChI is InChI=1S/C18H29N3O3/c1-14(22)19-8-10-20(11-9-19)18(24)15-12-17(23)21(13-15)16-6-4-2-3-5-7-16/h15-16H,2-13H2,1H3/t15-/m1/s1. The molecule has 1 aliphatic carbocycles. The average molecular weight is 335 g/mol. The lowest BCUT2D eigenvalue weighted by molar-refractivity contribution is -0.141. The summed E-state index contributed by atoms with van der Waals surface area (Å²) in [6.45, 7) is 4.55. The van der Waals surface area contributed by atoms with Crippen molar-refractivity contribution in [3.05, 3.63) is 0 Å². The van der Waals surface area contributed by atoms with E-state index in [2.05, 4.69) is 0 Å². The maximum atomic E-state index is 12.8. The number of nitrogens with zero attached hydrogens (tertiary/aromatic N) is 3. The predicted octanol–water partition coefficient (Wildman–Crippen LogP) is 1.25. The van der Waals surface area contributed by atoms with Crippen LogP contribution >= 0.6 is 0 Å². The minimum atomic E-state index is -0.190. The normalized spacial score (nSPS) is 26.6. The minimum absolute atomic E-state index is 0.0673. The van der Waals surface area contributed by atoms with Gasteiger partial charge in [0.1, 0.15) is 0 Å². The van der Waals surface area contributed by atoms with Crippen LogP contribution in [0.15, 0.2) is 0 Å². The quantitative estimate of drug-likeness (QED) is 0.714. The Bertz CT molecular complexity index is 492. The van der Waals surface area contributed by atoms with Gasteiger partial charge in [0, 0.05) is 52.1 Å². The maximum Gasteiger partial charge on any atom is 0.228 e. The molecule has 6 heteroatoms. The molecule has 2 aliphatic heterocycles. The summed E-state index contributed by atoms with van der Waals surface area (Å²) in [5.74, 6) is 0.132. The molecule has 1 atom stereocenters. The van der Waals surface area contributed by atoms with Gasteiger partial charge in [-0.05, 0) is 12.8 Å². The van der Waals surface area contributed by atoms with Crippen molar-refractivity contribution in [3.63, 3.8) is 0 Å². The van der Waals surface area contributed by atoms with E-state index < -0.39 is 0 Å². The molecule has 1 saturated carbocycles. The third-order valence-corrected chi connectivity index (χ3v) is 5.81. The lowest BCUT2D eigenvalue weighted by atomic mass is 10.1. The van der Waals surface area contributed by atoms with Crippen molar-refractivity contribution in [1.82, 2.24) is 14.7 Å². The second kappa shape index (κ2) is 7.53. The Morgan fingerprint density at radius 2 is 1.50 bits per heavy atom. The molecule has 0 spiro atoms. The number of piperazine rings is 1. The van der Waals surface area contributed by atoms with Gasteiger partial charge in [0.2, 0.25) is 17.7 Å². The average Bonchev–Trinajstić information content (AvgIpc) is 2.80. The van der Waals surface area contributed by atoms with Crippen molar-refractivity contribution in [2.45, 2.75) is 57.9 Å². The Kier molecular flexibility index (Phi) is 5.41. The van der Waals surface area contributed by atoms with E-state index in [0.717, 1.165) is 12.8 Å². The van der Waals surface area contributed by atoms with E-state index in [9.17, 15) is 14.4 Å². The second-order valence-electron chi connectivity index (χ2n) is 7.42. The van der Waals surface area contributed by atoms with Crippen LogP contribution in [0.3, 0.4) is 0 Å². The minimum Gasteiger partial charge on any atom is -0.339 e. The molecule has 3 fully saturated rings. The molecule has 3 rings (SSSR count). The van der Waals surface area contributed by atoms with Gasteiger partial charge in [0.15, 0.2) is 0 Å². The monoisotopic (exact) mass is 335 g/mol. The van der Waals surface area contributed by atoms with Crippen molar-refractivity contribution in [2.75, 3.05) is 32.7 Å². The highest BCUT2D eigenvalue weighted by atomic mass is 16.2. The van der Waals surface area contributed by atoms with Crippen LogP contribution < -0.4 is 0 Å². The molecule has 0 radical (unpaired) electrons. The third kappa shape index (κ3) is 3.73. The summed E-state index contributed by atoms with van der Waals surface area (Å²) in [4.78, 5) is 42.2. The first-order valence-corrected chi connectivity index (χ1v) is 9.40. The number of hydrogen-bond acceptors (Lipinski definition) is 3. The number of amides is 3. The summed E-state index contributed by atoms with van der Waals surface area (Å²) >= 11 is 0. The van der Waals surface area contributed by atoms with Crippen LogP contribution in [0.2, 0.25) is 0 Å². The van der Waals surface area contributed by atoms with Crippen molar-refractivity contribution < 1.29 is 14.4 Å². The molecule has 6 nitrogen and oxygen atoms in total. The van der Waals surface area contributed by atoms with E-state index in [1.165, 1.54) is 25.7 Å². The number of hydrogen-bond donors (Lipinski definition) is 0. The van der Waals surface area contributed by atoms with Crippen molar-refractivity contribution in [1.29, 1.82) is 0 Å². The molecular formula is C18H29N3O3. The first kappa shape index (κ1) is 17.2. The molecule has 134 valence electrons. The van der Waals surface area contributed by atoms with E-state index in [1.807, 2.05) is 9.80 Å². The summed E-state index contributed by atoms with van der Waals surface area (Å²) < 4.78 is 0. The molecule has 3 aliphatic rings. The number of likely N-dealkylation sites (tertiary alicyclic amines) is 1. The van der Waals surface area contributed by atoms with Crippen LogP contribution in [0.1, 0.15) is 51.9 Å². The molecule has 0 aromatic rings. The zero-order chi connectivity index (χ0) is 17.1. The van der Waals surface area contributed by atoms with Gasteiger partial charge in [0.25, 0.3) is 0 Å². The van der Waals surface area contributed by atoms with Gasteiger partial charge in [0.05, 0.1) is 5.92 Å². The molecule has 0 N–H and O–H groups in total. The fourth-order valence-electron chi connectivity index (χ4n) is 4.32. The van der Waals surface area contributed by atoms with E-state index in [1.54, 1.807) is 11.8 Å². The molecule has 0 aromatic heterocycles. The lowest BCUT2D eigenvalue weighted by Crippen LogP contribution is -2.51. The molecule has 3 amide bonds. The van der Waals surface area contributed by atoms with Gasteiger partial charge >= 0.3 is 0 Å².